The number of carboxylic acid groups (broad SMARTS) is 1. The van der Waals surface area contributed by atoms with E-state index in [-0.39, 0.29) is 13.0 Å². The number of aliphatic carboxylic acids is 1. The highest BCUT2D eigenvalue weighted by Gasteiger charge is 2.23. The zero-order valence-electron chi connectivity index (χ0n) is 8.19. The van der Waals surface area contributed by atoms with Gasteiger partial charge in [0.1, 0.15) is 0 Å². The zero-order chi connectivity index (χ0) is 11.1. The van der Waals surface area contributed by atoms with E-state index in [0.29, 0.717) is 0 Å². The topological polar surface area (TPSA) is 74.7 Å². The molecule has 0 aromatic carbocycles. The lowest BCUT2D eigenvalue weighted by atomic mass is 10.4. The minimum Gasteiger partial charge on any atom is -0.481 e. The molecule has 14 heavy (non-hydrogen) atoms. The van der Waals surface area contributed by atoms with E-state index in [1.165, 1.54) is 0 Å². The van der Waals surface area contributed by atoms with Crippen LogP contribution in [0.15, 0.2) is 12.2 Å². The number of carbonyl (C=O) groups excluding carboxylic acids is 2. The number of carbonyl (C=O) groups is 3. The first-order chi connectivity index (χ1) is 6.61. The first-order valence-corrected chi connectivity index (χ1v) is 4.36. The molecular formula is C9H13NO4. The van der Waals surface area contributed by atoms with Crippen LogP contribution in [0.25, 0.3) is 0 Å². The van der Waals surface area contributed by atoms with Crippen molar-refractivity contribution in [1.82, 2.24) is 4.90 Å². The molecule has 1 aliphatic heterocycles. The monoisotopic (exact) mass is 199 g/mol. The highest BCUT2D eigenvalue weighted by molar-refractivity contribution is 6.12. The quantitative estimate of drug-likeness (QED) is 0.668. The molecular weight excluding hydrogens is 186 g/mol. The van der Waals surface area contributed by atoms with E-state index in [4.69, 9.17) is 5.11 Å². The van der Waals surface area contributed by atoms with E-state index in [2.05, 4.69) is 0 Å². The number of hydrogen-bond acceptors (Lipinski definition) is 3. The number of rotatable bonds is 3. The minimum absolute atomic E-state index is 0.0556. The van der Waals surface area contributed by atoms with Gasteiger partial charge in [-0.25, -0.2) is 0 Å². The summed E-state index contributed by atoms with van der Waals surface area (Å²) >= 11 is 0. The van der Waals surface area contributed by atoms with Gasteiger partial charge in [-0.3, -0.25) is 19.3 Å². The van der Waals surface area contributed by atoms with Crippen molar-refractivity contribution < 1.29 is 19.5 Å². The van der Waals surface area contributed by atoms with Gasteiger partial charge in [-0.1, -0.05) is 13.8 Å². The van der Waals surface area contributed by atoms with Gasteiger partial charge in [0.2, 0.25) is 0 Å². The van der Waals surface area contributed by atoms with Crippen molar-refractivity contribution >= 4 is 17.8 Å². The van der Waals surface area contributed by atoms with Gasteiger partial charge in [-0.2, -0.15) is 0 Å². The largest absolute Gasteiger partial charge is 0.481 e. The lowest BCUT2D eigenvalue weighted by molar-refractivity contribution is -0.140. The molecule has 0 radical (unpaired) electrons. The smallest absolute Gasteiger partial charge is 0.305 e. The standard InChI is InChI=1S/C7H7NO4.C2H6/c9-5-1-2-6(10)8(5)4-3-7(11)12;1-2/h1-2H,3-4H2,(H,11,12);1-2H3. The molecule has 0 aliphatic carbocycles. The Balaban J connectivity index is 0.000000791. The lowest BCUT2D eigenvalue weighted by Crippen LogP contribution is -2.31. The molecule has 0 aromatic heterocycles. The molecule has 1 heterocycles. The van der Waals surface area contributed by atoms with Crippen molar-refractivity contribution in [3.63, 3.8) is 0 Å². The average molecular weight is 199 g/mol. The Morgan fingerprint density at radius 2 is 1.71 bits per heavy atom. The Bertz CT molecular complexity index is 252. The van der Waals surface area contributed by atoms with Crippen LogP contribution in [0.2, 0.25) is 0 Å². The van der Waals surface area contributed by atoms with Gasteiger partial charge in [0.25, 0.3) is 11.8 Å². The number of hydrogen-bond donors (Lipinski definition) is 1. The zero-order valence-corrected chi connectivity index (χ0v) is 8.19. The summed E-state index contributed by atoms with van der Waals surface area (Å²) in [6, 6.07) is 0. The molecule has 0 aromatic rings. The fraction of sp³-hybridized carbons (Fsp3) is 0.444. The van der Waals surface area contributed by atoms with Gasteiger partial charge in [0.15, 0.2) is 0 Å². The highest BCUT2D eigenvalue weighted by Crippen LogP contribution is 2.03. The van der Waals surface area contributed by atoms with Crippen molar-refractivity contribution in [2.24, 2.45) is 0 Å². The van der Waals surface area contributed by atoms with Crippen LogP contribution in [0.4, 0.5) is 0 Å². The number of nitrogens with zero attached hydrogens (tertiary/aromatic N) is 1. The van der Waals surface area contributed by atoms with Crippen LogP contribution < -0.4 is 0 Å². The molecule has 1 rings (SSSR count). The molecule has 0 saturated heterocycles. The first kappa shape index (κ1) is 12.3. The number of amides is 2. The lowest BCUT2D eigenvalue weighted by Gasteiger charge is -2.10. The van der Waals surface area contributed by atoms with E-state index in [0.717, 1.165) is 17.1 Å². The minimum atomic E-state index is -1.03. The van der Waals surface area contributed by atoms with Gasteiger partial charge < -0.3 is 5.11 Å². The molecule has 1 aliphatic rings. The fourth-order valence-electron chi connectivity index (χ4n) is 0.859. The van der Waals surface area contributed by atoms with Crippen molar-refractivity contribution in [2.45, 2.75) is 20.3 Å². The normalized spacial score (nSPS) is 14.0. The van der Waals surface area contributed by atoms with Crippen LogP contribution in [0, 0.1) is 0 Å². The van der Waals surface area contributed by atoms with Crippen LogP contribution in [0.5, 0.6) is 0 Å². The second-order valence-electron chi connectivity index (χ2n) is 2.31. The molecule has 78 valence electrons. The molecule has 0 unspecified atom stereocenters. The van der Waals surface area contributed by atoms with Crippen LogP contribution >= 0.6 is 0 Å². The molecule has 0 atom stereocenters. The fourth-order valence-corrected chi connectivity index (χ4v) is 0.859. The van der Waals surface area contributed by atoms with E-state index in [9.17, 15) is 14.4 Å². The summed E-state index contributed by atoms with van der Waals surface area (Å²) in [7, 11) is 0. The maximum absolute atomic E-state index is 10.8. The van der Waals surface area contributed by atoms with Gasteiger partial charge >= 0.3 is 5.97 Å². The summed E-state index contributed by atoms with van der Waals surface area (Å²) in [6.45, 7) is 3.94. The maximum Gasteiger partial charge on any atom is 0.305 e. The molecule has 5 heteroatoms. The third kappa shape index (κ3) is 3.38. The molecule has 2 amide bonds. The SMILES string of the molecule is CC.O=C(O)CCN1C(=O)C=CC1=O. The summed E-state index contributed by atoms with van der Waals surface area (Å²) in [5.41, 5.74) is 0. The second kappa shape index (κ2) is 5.90. The molecule has 0 fully saturated rings. The van der Waals surface area contributed by atoms with Crippen molar-refractivity contribution in [1.29, 1.82) is 0 Å². The molecule has 0 spiro atoms. The molecule has 5 nitrogen and oxygen atoms in total. The van der Waals surface area contributed by atoms with E-state index in [1.54, 1.807) is 0 Å². The van der Waals surface area contributed by atoms with Gasteiger partial charge in [0, 0.05) is 18.7 Å². The van der Waals surface area contributed by atoms with E-state index in [1.807, 2.05) is 13.8 Å². The maximum atomic E-state index is 10.8. The van der Waals surface area contributed by atoms with Crippen molar-refractivity contribution in [3.8, 4) is 0 Å². The highest BCUT2D eigenvalue weighted by atomic mass is 16.4. The number of carboxylic acids is 1. The summed E-state index contributed by atoms with van der Waals surface area (Å²) in [6.07, 6.45) is 2.05. The average Bonchev–Trinajstić information content (AvgIpc) is 2.47. The third-order valence-corrected chi connectivity index (χ3v) is 1.45. The predicted molar refractivity (Wildman–Crippen MR) is 49.5 cm³/mol. The van der Waals surface area contributed by atoms with E-state index < -0.39 is 17.8 Å². The Morgan fingerprint density at radius 3 is 2.07 bits per heavy atom. The summed E-state index contributed by atoms with van der Waals surface area (Å²) in [4.78, 5) is 32.6. The predicted octanol–water partition coefficient (Wildman–Crippen LogP) is 0.412. The van der Waals surface area contributed by atoms with Crippen molar-refractivity contribution in [3.05, 3.63) is 12.2 Å². The van der Waals surface area contributed by atoms with Crippen LogP contribution in [0.3, 0.4) is 0 Å². The Morgan fingerprint density at radius 1 is 1.29 bits per heavy atom. The van der Waals surface area contributed by atoms with Crippen LogP contribution in [-0.2, 0) is 14.4 Å². The van der Waals surface area contributed by atoms with Crippen LogP contribution in [-0.4, -0.2) is 34.3 Å². The van der Waals surface area contributed by atoms with Gasteiger partial charge in [-0.05, 0) is 0 Å². The summed E-state index contributed by atoms with van der Waals surface area (Å²) in [5.74, 6) is -1.91. The van der Waals surface area contributed by atoms with E-state index >= 15 is 0 Å². The third-order valence-electron chi connectivity index (χ3n) is 1.45. The summed E-state index contributed by atoms with van der Waals surface area (Å²) in [5, 5.41) is 8.28. The summed E-state index contributed by atoms with van der Waals surface area (Å²) < 4.78 is 0. The van der Waals surface area contributed by atoms with Crippen molar-refractivity contribution in [2.75, 3.05) is 6.54 Å². The number of imide groups is 1. The van der Waals surface area contributed by atoms with Gasteiger partial charge in [-0.15, -0.1) is 0 Å². The Hall–Kier alpha value is -1.65. The van der Waals surface area contributed by atoms with Crippen LogP contribution in [0.1, 0.15) is 20.3 Å². The first-order valence-electron chi connectivity index (χ1n) is 4.36. The second-order valence-corrected chi connectivity index (χ2v) is 2.31. The molecule has 0 saturated carbocycles. The Labute approximate surface area is 82.0 Å². The molecule has 0 bridgehead atoms. The Kier molecular flexibility index (Phi) is 5.21. The van der Waals surface area contributed by atoms with Gasteiger partial charge in [0.05, 0.1) is 6.42 Å². The molecule has 1 N–H and O–H groups in total.